The van der Waals surface area contributed by atoms with E-state index in [0.717, 1.165) is 0 Å². The molecule has 3 aromatic rings. The normalized spacial score (nSPS) is 10.3. The molecule has 7 heteroatoms. The molecule has 0 unspecified atom stereocenters. The van der Waals surface area contributed by atoms with Gasteiger partial charge in [-0.2, -0.15) is 0 Å². The van der Waals surface area contributed by atoms with Crippen molar-refractivity contribution in [1.29, 1.82) is 0 Å². The molecule has 0 radical (unpaired) electrons. The third kappa shape index (κ3) is 5.44. The summed E-state index contributed by atoms with van der Waals surface area (Å²) in [6.45, 7) is 0.379. The number of para-hydroxylation sites is 1. The molecule has 0 aliphatic carbocycles. The molecular formula is C21H19FN2O4. The Morgan fingerprint density at radius 1 is 1.00 bits per heavy atom. The highest BCUT2D eigenvalue weighted by atomic mass is 19.1. The Morgan fingerprint density at radius 2 is 1.79 bits per heavy atom. The molecule has 0 aliphatic rings. The minimum atomic E-state index is -0.355. The van der Waals surface area contributed by atoms with Crippen molar-refractivity contribution in [3.63, 3.8) is 0 Å². The number of hydrogen-bond acceptors (Lipinski definition) is 4. The van der Waals surface area contributed by atoms with Crippen LogP contribution in [0.2, 0.25) is 0 Å². The van der Waals surface area contributed by atoms with E-state index in [9.17, 15) is 14.0 Å². The molecule has 2 N–H and O–H groups in total. The van der Waals surface area contributed by atoms with Crippen LogP contribution >= 0.6 is 0 Å². The highest BCUT2D eigenvalue weighted by Crippen LogP contribution is 2.16. The first-order chi connectivity index (χ1) is 13.6. The fraction of sp³-hybridized carbons (Fsp3) is 0.143. The summed E-state index contributed by atoms with van der Waals surface area (Å²) in [5.41, 5.74) is 0.757. The van der Waals surface area contributed by atoms with Crippen LogP contribution in [0.25, 0.3) is 0 Å². The largest absolute Gasteiger partial charge is 0.493 e. The molecule has 0 saturated carbocycles. The van der Waals surface area contributed by atoms with Crippen LogP contribution in [0.1, 0.15) is 22.5 Å². The van der Waals surface area contributed by atoms with Crippen LogP contribution in [0.15, 0.2) is 71.3 Å². The molecule has 0 atom stereocenters. The average molecular weight is 382 g/mol. The van der Waals surface area contributed by atoms with Crippen molar-refractivity contribution < 1.29 is 23.1 Å². The lowest BCUT2D eigenvalue weighted by Gasteiger charge is -2.11. The van der Waals surface area contributed by atoms with E-state index in [1.54, 1.807) is 36.4 Å². The molecule has 0 spiro atoms. The maximum atomic E-state index is 12.9. The van der Waals surface area contributed by atoms with Crippen LogP contribution in [-0.4, -0.2) is 18.4 Å². The second-order valence-electron chi connectivity index (χ2n) is 5.91. The maximum absolute atomic E-state index is 12.9. The second kappa shape index (κ2) is 9.36. The van der Waals surface area contributed by atoms with Gasteiger partial charge in [0.1, 0.15) is 17.3 Å². The molecule has 2 amide bonds. The van der Waals surface area contributed by atoms with E-state index >= 15 is 0 Å². The van der Waals surface area contributed by atoms with E-state index in [2.05, 4.69) is 10.6 Å². The van der Waals surface area contributed by atoms with Gasteiger partial charge in [0.05, 0.1) is 37.1 Å². The standard InChI is InChI=1S/C21H19FN2O4/c22-15-7-9-16(10-8-15)28-13-11-20(25)24-19-6-2-1-5-18(19)21(26)23-14-17-4-3-12-27-17/h1-10,12H,11,13-14H2,(H,23,26)(H,24,25). The number of hydrogen-bond donors (Lipinski definition) is 2. The van der Waals surface area contributed by atoms with E-state index in [1.165, 1.54) is 30.5 Å². The molecule has 1 heterocycles. The van der Waals surface area contributed by atoms with Gasteiger partial charge in [-0.3, -0.25) is 9.59 Å². The van der Waals surface area contributed by atoms with Gasteiger partial charge in [0.2, 0.25) is 5.91 Å². The lowest BCUT2D eigenvalue weighted by molar-refractivity contribution is -0.116. The minimum Gasteiger partial charge on any atom is -0.493 e. The number of nitrogens with one attached hydrogen (secondary N) is 2. The number of carbonyl (C=O) groups excluding carboxylic acids is 2. The fourth-order valence-corrected chi connectivity index (χ4v) is 2.47. The summed E-state index contributed by atoms with van der Waals surface area (Å²) < 4.78 is 23.5. The van der Waals surface area contributed by atoms with Crippen LogP contribution < -0.4 is 15.4 Å². The molecule has 144 valence electrons. The number of furan rings is 1. The minimum absolute atomic E-state index is 0.0831. The molecule has 3 rings (SSSR count). The summed E-state index contributed by atoms with van der Waals surface area (Å²) in [5, 5.41) is 5.46. The van der Waals surface area contributed by atoms with Gasteiger partial charge < -0.3 is 19.8 Å². The molecule has 0 fully saturated rings. The Morgan fingerprint density at radius 3 is 2.54 bits per heavy atom. The number of amides is 2. The van der Waals surface area contributed by atoms with Crippen LogP contribution in [-0.2, 0) is 11.3 Å². The lowest BCUT2D eigenvalue weighted by Crippen LogP contribution is -2.25. The Kier molecular flexibility index (Phi) is 6.41. The molecule has 6 nitrogen and oxygen atoms in total. The van der Waals surface area contributed by atoms with Crippen molar-refractivity contribution in [2.75, 3.05) is 11.9 Å². The van der Waals surface area contributed by atoms with Crippen LogP contribution in [0.4, 0.5) is 10.1 Å². The molecule has 0 saturated heterocycles. The van der Waals surface area contributed by atoms with Crippen LogP contribution in [0, 0.1) is 5.82 Å². The van der Waals surface area contributed by atoms with Gasteiger partial charge in [-0.25, -0.2) is 4.39 Å². The fourth-order valence-electron chi connectivity index (χ4n) is 2.47. The Balaban J connectivity index is 1.52. The zero-order valence-corrected chi connectivity index (χ0v) is 15.0. The molecule has 28 heavy (non-hydrogen) atoms. The van der Waals surface area contributed by atoms with Crippen molar-refractivity contribution in [2.24, 2.45) is 0 Å². The molecule has 1 aromatic heterocycles. The Hall–Kier alpha value is -3.61. The number of rotatable bonds is 8. The van der Waals surface area contributed by atoms with Gasteiger partial charge in [-0.05, 0) is 48.5 Å². The first kappa shape index (κ1) is 19.2. The number of anilines is 1. The SMILES string of the molecule is O=C(CCOc1ccc(F)cc1)Nc1ccccc1C(=O)NCc1ccco1. The van der Waals surface area contributed by atoms with Gasteiger partial charge in [-0.1, -0.05) is 12.1 Å². The number of benzene rings is 2. The molecular weight excluding hydrogens is 363 g/mol. The van der Waals surface area contributed by atoms with Gasteiger partial charge >= 0.3 is 0 Å². The number of carbonyl (C=O) groups is 2. The average Bonchev–Trinajstić information content (AvgIpc) is 3.22. The third-order valence-electron chi connectivity index (χ3n) is 3.86. The van der Waals surface area contributed by atoms with Gasteiger partial charge in [-0.15, -0.1) is 0 Å². The number of ether oxygens (including phenoxy) is 1. The quantitative estimate of drug-likeness (QED) is 0.622. The first-order valence-electron chi connectivity index (χ1n) is 8.69. The van der Waals surface area contributed by atoms with Gasteiger partial charge in [0.15, 0.2) is 0 Å². The van der Waals surface area contributed by atoms with Crippen molar-refractivity contribution in [3.05, 3.63) is 84.1 Å². The summed E-state index contributed by atoms with van der Waals surface area (Å²) in [6.07, 6.45) is 1.61. The van der Waals surface area contributed by atoms with Crippen molar-refractivity contribution in [1.82, 2.24) is 5.32 Å². The van der Waals surface area contributed by atoms with Crippen molar-refractivity contribution >= 4 is 17.5 Å². The summed E-state index contributed by atoms with van der Waals surface area (Å²) >= 11 is 0. The zero-order valence-electron chi connectivity index (χ0n) is 15.0. The van der Waals surface area contributed by atoms with Crippen LogP contribution in [0.5, 0.6) is 5.75 Å². The molecule has 0 aliphatic heterocycles. The highest BCUT2D eigenvalue weighted by molar-refractivity contribution is 6.03. The predicted molar refractivity (Wildman–Crippen MR) is 101 cm³/mol. The Bertz CT molecular complexity index is 924. The monoisotopic (exact) mass is 382 g/mol. The van der Waals surface area contributed by atoms with Crippen molar-refractivity contribution in [2.45, 2.75) is 13.0 Å². The number of halogens is 1. The predicted octanol–water partition coefficient (Wildman–Crippen LogP) is 3.76. The zero-order chi connectivity index (χ0) is 19.8. The van der Waals surface area contributed by atoms with E-state index < -0.39 is 0 Å². The highest BCUT2D eigenvalue weighted by Gasteiger charge is 2.13. The first-order valence-corrected chi connectivity index (χ1v) is 8.69. The van der Waals surface area contributed by atoms with Crippen molar-refractivity contribution in [3.8, 4) is 5.75 Å². The third-order valence-corrected chi connectivity index (χ3v) is 3.86. The van der Waals surface area contributed by atoms with E-state index in [0.29, 0.717) is 22.8 Å². The maximum Gasteiger partial charge on any atom is 0.253 e. The van der Waals surface area contributed by atoms with E-state index in [4.69, 9.17) is 9.15 Å². The summed E-state index contributed by atoms with van der Waals surface area (Å²) in [5.74, 6) is 0.134. The Labute approximate surface area is 161 Å². The van der Waals surface area contributed by atoms with Crippen LogP contribution in [0.3, 0.4) is 0 Å². The van der Waals surface area contributed by atoms with E-state index in [1.807, 2.05) is 0 Å². The summed E-state index contributed by atoms with van der Waals surface area (Å²) in [4.78, 5) is 24.6. The smallest absolute Gasteiger partial charge is 0.253 e. The molecule has 0 bridgehead atoms. The van der Waals surface area contributed by atoms with Gasteiger partial charge in [0.25, 0.3) is 5.91 Å². The summed E-state index contributed by atoms with van der Waals surface area (Å²) in [7, 11) is 0. The topological polar surface area (TPSA) is 80.6 Å². The molecule has 2 aromatic carbocycles. The van der Waals surface area contributed by atoms with E-state index in [-0.39, 0.29) is 37.2 Å². The second-order valence-corrected chi connectivity index (χ2v) is 5.91. The summed E-state index contributed by atoms with van der Waals surface area (Å²) in [6, 6.07) is 15.8. The van der Waals surface area contributed by atoms with Gasteiger partial charge in [0, 0.05) is 0 Å². The lowest BCUT2D eigenvalue weighted by atomic mass is 10.1.